The molecule has 10 heteroatoms. The third-order valence-corrected chi connectivity index (χ3v) is 5.63. The molecule has 3 aromatic rings. The Hall–Kier alpha value is -4.21. The molecule has 9 nitrogen and oxygen atoms in total. The minimum Gasteiger partial charge on any atom is -0.454 e. The molecule has 2 aromatic carbocycles. The van der Waals surface area contributed by atoms with Crippen LogP contribution in [0.25, 0.3) is 0 Å². The van der Waals surface area contributed by atoms with Crippen LogP contribution in [0.3, 0.4) is 0 Å². The van der Waals surface area contributed by atoms with Gasteiger partial charge in [0.05, 0.1) is 11.0 Å². The number of nitrogens with zero attached hydrogens (tertiary/aromatic N) is 4. The third-order valence-electron chi connectivity index (χ3n) is 5.63. The highest BCUT2D eigenvalue weighted by atomic mass is 19.1. The Bertz CT molecular complexity index is 1190. The Labute approximate surface area is 195 Å². The number of hydrogen-bond acceptors (Lipinski definition) is 7. The highest BCUT2D eigenvalue weighted by Gasteiger charge is 2.31. The van der Waals surface area contributed by atoms with Crippen LogP contribution in [0.2, 0.25) is 0 Å². The molecule has 1 aliphatic heterocycles. The zero-order valence-electron chi connectivity index (χ0n) is 18.7. The number of pyridine rings is 1. The highest BCUT2D eigenvalue weighted by molar-refractivity contribution is 5.70. The summed E-state index contributed by atoms with van der Waals surface area (Å²) in [6.07, 6.45) is 1.52. The Morgan fingerprint density at radius 3 is 2.62 bits per heavy atom. The van der Waals surface area contributed by atoms with E-state index in [9.17, 15) is 19.3 Å². The van der Waals surface area contributed by atoms with Gasteiger partial charge in [0.2, 0.25) is 0 Å². The maximum Gasteiger partial charge on any atom is 0.410 e. The van der Waals surface area contributed by atoms with E-state index in [2.05, 4.69) is 4.98 Å². The van der Waals surface area contributed by atoms with Crippen LogP contribution in [-0.2, 0) is 11.2 Å². The van der Waals surface area contributed by atoms with Crippen LogP contribution >= 0.6 is 0 Å². The number of carbonyl (C=O) groups excluding carboxylic acids is 1. The summed E-state index contributed by atoms with van der Waals surface area (Å²) in [5.41, 5.74) is 1.41. The van der Waals surface area contributed by atoms with Gasteiger partial charge in [-0.3, -0.25) is 10.1 Å². The summed E-state index contributed by atoms with van der Waals surface area (Å²) in [6, 6.07) is 14.6. The summed E-state index contributed by atoms with van der Waals surface area (Å²) in [4.78, 5) is 29.3. The first-order valence-electron chi connectivity index (χ1n) is 10.7. The molecule has 4 rings (SSSR count). The molecule has 34 heavy (non-hydrogen) atoms. The van der Waals surface area contributed by atoms with Crippen molar-refractivity contribution in [3.63, 3.8) is 0 Å². The lowest BCUT2D eigenvalue weighted by Gasteiger charge is -2.19. The van der Waals surface area contributed by atoms with Gasteiger partial charge in [-0.25, -0.2) is 14.2 Å². The number of ether oxygens (including phenoxy) is 2. The monoisotopic (exact) mass is 466 g/mol. The van der Waals surface area contributed by atoms with Gasteiger partial charge >= 0.3 is 6.09 Å². The second-order valence-corrected chi connectivity index (χ2v) is 7.77. The molecule has 0 N–H and O–H groups in total. The number of hydrogen-bond donors (Lipinski definition) is 0. The van der Waals surface area contributed by atoms with Crippen molar-refractivity contribution in [3.8, 4) is 11.5 Å². The number of carbonyl (C=O) groups is 1. The molecule has 1 atom stereocenters. The summed E-state index contributed by atoms with van der Waals surface area (Å²) in [6.45, 7) is 2.87. The number of benzene rings is 2. The predicted octanol–water partition coefficient (Wildman–Crippen LogP) is 5.07. The van der Waals surface area contributed by atoms with E-state index in [1.807, 2.05) is 19.1 Å². The largest absolute Gasteiger partial charge is 0.454 e. The zero-order valence-corrected chi connectivity index (χ0v) is 18.7. The van der Waals surface area contributed by atoms with E-state index >= 15 is 0 Å². The Balaban J connectivity index is 1.41. The van der Waals surface area contributed by atoms with Gasteiger partial charge in [0.25, 0.3) is 5.69 Å². The highest BCUT2D eigenvalue weighted by Crippen LogP contribution is 2.31. The molecule has 176 valence electrons. The van der Waals surface area contributed by atoms with Crippen LogP contribution in [0.4, 0.5) is 26.4 Å². The quantitative estimate of drug-likeness (QED) is 0.338. The van der Waals surface area contributed by atoms with E-state index in [-0.39, 0.29) is 23.6 Å². The molecule has 0 spiro atoms. The summed E-state index contributed by atoms with van der Waals surface area (Å²) >= 11 is 0. The molecule has 1 fully saturated rings. The number of halogens is 1. The SMILES string of the molecule is CCN1C(=O)OC[C@@H]1Cc1ccc(Oc2ccc(N(C)c3ccc([N+](=O)[O-])cn3)cc2F)cc1. The second-order valence-electron chi connectivity index (χ2n) is 7.77. The lowest BCUT2D eigenvalue weighted by atomic mass is 10.1. The average Bonchev–Trinajstić information content (AvgIpc) is 3.19. The van der Waals surface area contributed by atoms with Crippen LogP contribution in [0.1, 0.15) is 12.5 Å². The minimum atomic E-state index is -0.560. The van der Waals surface area contributed by atoms with Gasteiger partial charge in [0, 0.05) is 31.4 Å². The van der Waals surface area contributed by atoms with Crippen molar-refractivity contribution in [1.82, 2.24) is 9.88 Å². The smallest absolute Gasteiger partial charge is 0.410 e. The van der Waals surface area contributed by atoms with E-state index in [0.717, 1.165) is 11.8 Å². The van der Waals surface area contributed by atoms with Gasteiger partial charge < -0.3 is 19.3 Å². The third kappa shape index (κ3) is 4.90. The first-order valence-corrected chi connectivity index (χ1v) is 10.7. The predicted molar refractivity (Wildman–Crippen MR) is 123 cm³/mol. The van der Waals surface area contributed by atoms with Crippen molar-refractivity contribution < 1.29 is 23.6 Å². The van der Waals surface area contributed by atoms with Gasteiger partial charge in [-0.15, -0.1) is 0 Å². The molecule has 1 amide bonds. The maximum absolute atomic E-state index is 14.7. The van der Waals surface area contributed by atoms with Crippen LogP contribution in [-0.4, -0.2) is 47.1 Å². The van der Waals surface area contributed by atoms with Crippen LogP contribution in [0, 0.1) is 15.9 Å². The number of amides is 1. The fraction of sp³-hybridized carbons (Fsp3) is 0.250. The molecular formula is C24H23FN4O5. The van der Waals surface area contributed by atoms with Crippen molar-refractivity contribution in [2.24, 2.45) is 0 Å². The molecular weight excluding hydrogens is 443 g/mol. The molecule has 1 saturated heterocycles. The Kier molecular flexibility index (Phi) is 6.58. The van der Waals surface area contributed by atoms with Gasteiger partial charge in [-0.05, 0) is 49.2 Å². The standard InChI is InChI=1S/C24H23FN4O5/c1-3-28-19(15-33-24(28)30)12-16-4-8-20(9-5-16)34-22-10-6-17(13-21(22)25)27(2)23-11-7-18(14-26-23)29(31)32/h4-11,13-14,19H,3,12,15H2,1-2H3/t19-/m0/s1. The first-order chi connectivity index (χ1) is 16.4. The maximum atomic E-state index is 14.7. The van der Waals surface area contributed by atoms with E-state index in [0.29, 0.717) is 36.8 Å². The lowest BCUT2D eigenvalue weighted by Crippen LogP contribution is -2.34. The Morgan fingerprint density at radius 1 is 1.24 bits per heavy atom. The molecule has 0 radical (unpaired) electrons. The second kappa shape index (κ2) is 9.74. The minimum absolute atomic E-state index is 0.00325. The molecule has 1 aliphatic rings. The van der Waals surface area contributed by atoms with E-state index in [1.54, 1.807) is 35.0 Å². The molecule has 0 saturated carbocycles. The van der Waals surface area contributed by atoms with Crippen LogP contribution < -0.4 is 9.64 Å². The first kappa shape index (κ1) is 23.0. The molecule has 0 unspecified atom stereocenters. The van der Waals surface area contributed by atoms with Crippen molar-refractivity contribution in [2.75, 3.05) is 25.1 Å². The number of anilines is 2. The molecule has 0 bridgehead atoms. The zero-order chi connectivity index (χ0) is 24.2. The fourth-order valence-corrected chi connectivity index (χ4v) is 3.74. The van der Waals surface area contributed by atoms with E-state index < -0.39 is 10.7 Å². The summed E-state index contributed by atoms with van der Waals surface area (Å²) in [5.74, 6) is 0.418. The number of nitro groups is 1. The van der Waals surface area contributed by atoms with Gasteiger partial charge in [-0.1, -0.05) is 12.1 Å². The van der Waals surface area contributed by atoms with Crippen molar-refractivity contribution in [3.05, 3.63) is 82.3 Å². The average molecular weight is 466 g/mol. The number of likely N-dealkylation sites (N-methyl/N-ethyl adjacent to an activating group) is 1. The van der Waals surface area contributed by atoms with E-state index in [4.69, 9.17) is 9.47 Å². The normalized spacial score (nSPS) is 15.2. The van der Waals surface area contributed by atoms with Crippen LogP contribution in [0.5, 0.6) is 11.5 Å². The summed E-state index contributed by atoms with van der Waals surface area (Å²) < 4.78 is 25.6. The Morgan fingerprint density at radius 2 is 2.00 bits per heavy atom. The number of aromatic nitrogens is 1. The van der Waals surface area contributed by atoms with Gasteiger partial charge in [-0.2, -0.15) is 0 Å². The fourth-order valence-electron chi connectivity index (χ4n) is 3.74. The van der Waals surface area contributed by atoms with Crippen molar-refractivity contribution in [2.45, 2.75) is 19.4 Å². The molecule has 2 heterocycles. The topological polar surface area (TPSA) is 98.0 Å². The molecule has 0 aliphatic carbocycles. The molecule has 1 aromatic heterocycles. The van der Waals surface area contributed by atoms with Crippen LogP contribution in [0.15, 0.2) is 60.8 Å². The summed E-state index contributed by atoms with van der Waals surface area (Å²) in [5, 5.41) is 10.8. The lowest BCUT2D eigenvalue weighted by molar-refractivity contribution is -0.385. The van der Waals surface area contributed by atoms with E-state index in [1.165, 1.54) is 24.3 Å². The number of cyclic esters (lactones) is 1. The summed E-state index contributed by atoms with van der Waals surface area (Å²) in [7, 11) is 1.69. The van der Waals surface area contributed by atoms with Gasteiger partial charge in [0.1, 0.15) is 24.4 Å². The number of rotatable bonds is 8. The van der Waals surface area contributed by atoms with Crippen molar-refractivity contribution >= 4 is 23.3 Å². The van der Waals surface area contributed by atoms with Crippen molar-refractivity contribution in [1.29, 1.82) is 0 Å². The van der Waals surface area contributed by atoms with Gasteiger partial charge in [0.15, 0.2) is 11.6 Å².